The quantitative estimate of drug-likeness (QED) is 0.140. The van der Waals surface area contributed by atoms with E-state index in [1.807, 2.05) is 0 Å². The molecule has 78 heavy (non-hydrogen) atoms. The van der Waals surface area contributed by atoms with E-state index in [9.17, 15) is 0 Å². The second-order valence-corrected chi connectivity index (χ2v) is 24.7. The molecule has 0 spiro atoms. The van der Waals surface area contributed by atoms with Crippen molar-refractivity contribution in [2.45, 2.75) is 106 Å². The molecule has 0 radical (unpaired) electrons. The van der Waals surface area contributed by atoms with Crippen molar-refractivity contribution in [1.29, 1.82) is 0 Å². The summed E-state index contributed by atoms with van der Waals surface area (Å²) in [6, 6.07) is 70.9. The van der Waals surface area contributed by atoms with Crippen molar-refractivity contribution in [3.05, 3.63) is 238 Å². The lowest BCUT2D eigenvalue weighted by molar-refractivity contribution is 0.660. The SMILES string of the molecule is Cc1ccc2ccc(C)c(N(c3ccc4c(c3)C(C)(C)c3ccccc3-4)c3cc(C(C)C)c4ccc5c(N(c6ccc7c(c6)C(C)(C)c6ccccc6-7)c6c(C)ccc7ccc(C)cc67)cc(C(C)C)c6ccc3c4c65)c2c1. The number of benzene rings is 12. The maximum absolute atomic E-state index is 2.65. The van der Waals surface area contributed by atoms with Crippen molar-refractivity contribution in [2.24, 2.45) is 0 Å². The summed E-state index contributed by atoms with van der Waals surface area (Å²) in [6.07, 6.45) is 0. The number of fused-ring (bicyclic) bond motifs is 8. The molecule has 0 saturated carbocycles. The summed E-state index contributed by atoms with van der Waals surface area (Å²) in [5.41, 5.74) is 25.4. The number of anilines is 6. The van der Waals surface area contributed by atoms with Crippen LogP contribution in [0.25, 0.3) is 76.1 Å². The summed E-state index contributed by atoms with van der Waals surface area (Å²) in [4.78, 5) is 5.30. The van der Waals surface area contributed by atoms with Gasteiger partial charge in [-0.05, 0) is 187 Å². The molecule has 0 atom stereocenters. The number of hydrogen-bond donors (Lipinski definition) is 0. The molecule has 2 aliphatic rings. The van der Waals surface area contributed by atoms with Crippen LogP contribution in [0.15, 0.2) is 182 Å². The third kappa shape index (κ3) is 6.87. The Morgan fingerprint density at radius 3 is 1.12 bits per heavy atom. The van der Waals surface area contributed by atoms with Crippen LogP contribution in [-0.4, -0.2) is 0 Å². The minimum atomic E-state index is -0.168. The smallest absolute Gasteiger partial charge is 0.0569 e. The van der Waals surface area contributed by atoms with E-state index in [1.54, 1.807) is 0 Å². The van der Waals surface area contributed by atoms with E-state index in [-0.39, 0.29) is 22.7 Å². The van der Waals surface area contributed by atoms with Crippen molar-refractivity contribution in [2.75, 3.05) is 9.80 Å². The lowest BCUT2D eigenvalue weighted by Crippen LogP contribution is -2.18. The molecule has 12 aromatic rings. The Balaban J connectivity index is 1.11. The van der Waals surface area contributed by atoms with Gasteiger partial charge in [0.2, 0.25) is 0 Å². The van der Waals surface area contributed by atoms with Gasteiger partial charge in [-0.25, -0.2) is 0 Å². The first-order chi connectivity index (χ1) is 37.5. The molecular weight excluding hydrogens is 941 g/mol. The van der Waals surface area contributed by atoms with E-state index >= 15 is 0 Å². The molecule has 0 amide bonds. The molecule has 0 N–H and O–H groups in total. The van der Waals surface area contributed by atoms with Crippen LogP contribution in [0.5, 0.6) is 0 Å². The van der Waals surface area contributed by atoms with E-state index in [1.165, 1.54) is 166 Å². The molecule has 382 valence electrons. The van der Waals surface area contributed by atoms with Crippen LogP contribution in [0.1, 0.15) is 123 Å². The molecule has 0 heterocycles. The molecule has 0 aliphatic heterocycles. The minimum absolute atomic E-state index is 0.168. The summed E-state index contributed by atoms with van der Waals surface area (Å²) >= 11 is 0. The molecular formula is C76H68N2. The summed E-state index contributed by atoms with van der Waals surface area (Å²) in [7, 11) is 0. The predicted octanol–water partition coefficient (Wildman–Crippen LogP) is 21.9. The van der Waals surface area contributed by atoms with Crippen LogP contribution in [0.3, 0.4) is 0 Å². The van der Waals surface area contributed by atoms with Crippen molar-refractivity contribution < 1.29 is 0 Å². The number of aryl methyl sites for hydroxylation is 4. The summed E-state index contributed by atoms with van der Waals surface area (Å²) in [5.74, 6) is 0.501. The first-order valence-corrected chi connectivity index (χ1v) is 28.4. The van der Waals surface area contributed by atoms with Gasteiger partial charge in [-0.3, -0.25) is 0 Å². The molecule has 2 aliphatic carbocycles. The highest BCUT2D eigenvalue weighted by Crippen LogP contribution is 2.57. The van der Waals surface area contributed by atoms with Gasteiger partial charge in [0, 0.05) is 43.7 Å². The third-order valence-electron chi connectivity index (χ3n) is 18.4. The second-order valence-electron chi connectivity index (χ2n) is 24.7. The fraction of sp³-hybridized carbons (Fsp3) is 0.211. The van der Waals surface area contributed by atoms with Gasteiger partial charge in [0.25, 0.3) is 0 Å². The maximum Gasteiger partial charge on any atom is 0.0569 e. The third-order valence-corrected chi connectivity index (χ3v) is 18.4. The van der Waals surface area contributed by atoms with Crippen molar-refractivity contribution in [3.63, 3.8) is 0 Å². The van der Waals surface area contributed by atoms with Gasteiger partial charge in [-0.15, -0.1) is 0 Å². The van der Waals surface area contributed by atoms with E-state index in [4.69, 9.17) is 0 Å². The van der Waals surface area contributed by atoms with E-state index in [2.05, 4.69) is 275 Å². The Bertz CT molecular complexity index is 4200. The van der Waals surface area contributed by atoms with Crippen LogP contribution in [-0.2, 0) is 10.8 Å². The topological polar surface area (TPSA) is 6.48 Å². The minimum Gasteiger partial charge on any atom is -0.309 e. The van der Waals surface area contributed by atoms with Crippen LogP contribution in [0.2, 0.25) is 0 Å². The standard InChI is InChI=1S/C76H68N2/c1-43(2)61-41-69(77(73-47(7)23-27-49-25-21-45(5)37-63(49)73)51-29-31-55-53-17-13-15-19-65(53)75(9,10)67(55)39-51)59-36-34-58-62(44(3)4)42-70(60-35-33-57(61)71(59)72(58)60)78(74-48(8)24-28-50-26-22-46(6)38-64(50)74)52-30-32-56-54-18-14-16-20-66(54)76(11,12)68(56)40-52/h13-44H,1-12H3. The van der Waals surface area contributed by atoms with Crippen LogP contribution >= 0.6 is 0 Å². The van der Waals surface area contributed by atoms with Gasteiger partial charge in [0.05, 0.1) is 22.7 Å². The van der Waals surface area contributed by atoms with E-state index in [0.717, 1.165) is 0 Å². The predicted molar refractivity (Wildman–Crippen MR) is 337 cm³/mol. The van der Waals surface area contributed by atoms with Crippen LogP contribution < -0.4 is 9.80 Å². The van der Waals surface area contributed by atoms with E-state index < -0.39 is 0 Å². The summed E-state index contributed by atoms with van der Waals surface area (Å²) < 4.78 is 0. The monoisotopic (exact) mass is 1010 g/mol. The van der Waals surface area contributed by atoms with Crippen molar-refractivity contribution in [3.8, 4) is 22.3 Å². The fourth-order valence-electron chi connectivity index (χ4n) is 14.4. The number of nitrogens with zero attached hydrogens (tertiary/aromatic N) is 2. The molecule has 2 nitrogen and oxygen atoms in total. The first-order valence-electron chi connectivity index (χ1n) is 28.4. The molecule has 2 heteroatoms. The Morgan fingerprint density at radius 1 is 0.333 bits per heavy atom. The van der Waals surface area contributed by atoms with Crippen molar-refractivity contribution in [1.82, 2.24) is 0 Å². The van der Waals surface area contributed by atoms with Gasteiger partial charge >= 0.3 is 0 Å². The number of hydrogen-bond acceptors (Lipinski definition) is 2. The first kappa shape index (κ1) is 48.2. The zero-order chi connectivity index (χ0) is 53.8. The highest BCUT2D eigenvalue weighted by Gasteiger charge is 2.38. The van der Waals surface area contributed by atoms with Crippen molar-refractivity contribution >= 4 is 88.0 Å². The Morgan fingerprint density at radius 2 is 0.705 bits per heavy atom. The average molecular weight is 1010 g/mol. The number of rotatable bonds is 8. The Hall–Kier alpha value is -8.20. The van der Waals surface area contributed by atoms with Crippen LogP contribution in [0.4, 0.5) is 34.1 Å². The highest BCUT2D eigenvalue weighted by atomic mass is 15.2. The van der Waals surface area contributed by atoms with Gasteiger partial charge in [0.15, 0.2) is 0 Å². The maximum atomic E-state index is 2.65. The Kier molecular flexibility index (Phi) is 10.6. The summed E-state index contributed by atoms with van der Waals surface area (Å²) in [5, 5.41) is 12.8. The van der Waals surface area contributed by atoms with Gasteiger partial charge in [0.1, 0.15) is 0 Å². The lowest BCUT2D eigenvalue weighted by Gasteiger charge is -2.34. The van der Waals surface area contributed by atoms with Gasteiger partial charge in [-0.2, -0.15) is 0 Å². The van der Waals surface area contributed by atoms with Crippen LogP contribution in [0, 0.1) is 27.7 Å². The molecule has 0 fully saturated rings. The normalized spacial score (nSPS) is 14.1. The highest BCUT2D eigenvalue weighted by molar-refractivity contribution is 6.30. The van der Waals surface area contributed by atoms with Gasteiger partial charge < -0.3 is 9.80 Å². The Labute approximate surface area is 461 Å². The molecule has 12 aromatic carbocycles. The zero-order valence-corrected chi connectivity index (χ0v) is 47.4. The van der Waals surface area contributed by atoms with E-state index in [0.29, 0.717) is 0 Å². The van der Waals surface area contributed by atoms with Gasteiger partial charge in [-0.1, -0.05) is 200 Å². The second kappa shape index (κ2) is 17.1. The summed E-state index contributed by atoms with van der Waals surface area (Å²) in [6.45, 7) is 28.2. The lowest BCUT2D eigenvalue weighted by atomic mass is 9.82. The molecule has 0 bridgehead atoms. The average Bonchev–Trinajstić information content (AvgIpc) is 3.36. The zero-order valence-electron chi connectivity index (χ0n) is 47.4. The molecule has 14 rings (SSSR count). The largest absolute Gasteiger partial charge is 0.309 e. The molecule has 0 unspecified atom stereocenters. The molecule has 0 saturated heterocycles. The molecule has 0 aromatic heterocycles. The fourth-order valence-corrected chi connectivity index (χ4v) is 14.4.